The lowest BCUT2D eigenvalue weighted by Gasteiger charge is -2.34. The minimum atomic E-state index is -0.945. The van der Waals surface area contributed by atoms with Gasteiger partial charge in [0.2, 0.25) is 11.9 Å². The maximum atomic E-state index is 15.1. The molecule has 6 heterocycles. The number of piperidine rings is 1. The summed E-state index contributed by atoms with van der Waals surface area (Å²) < 4.78 is 35.9. The number of fused-ring (bicyclic) bond motifs is 2. The Balaban J connectivity index is 0.775. The number of amides is 4. The number of allylic oxidation sites excluding steroid dienone is 1. The summed E-state index contributed by atoms with van der Waals surface area (Å²) in [6, 6.07) is 10.2. The van der Waals surface area contributed by atoms with E-state index in [0.717, 1.165) is 48.6 Å². The summed E-state index contributed by atoms with van der Waals surface area (Å²) in [5.41, 5.74) is 3.63. The SMILES string of the molecule is C=C1CCC(N2C(=O)c3cccc(OCC(=O)NCCN4CCN(Cc5ccc(Nc6ncc(F)c(-c7cc(F)c8c(c7)C(N(C)C)C(C)=N8)n6)nc5)CC4)c3C2=O)C(=O)N1. The number of aliphatic imine (C=N–C) groups is 1. The van der Waals surface area contributed by atoms with Crippen LogP contribution in [0, 0.1) is 11.6 Å². The molecule has 0 aliphatic carbocycles. The van der Waals surface area contributed by atoms with Crippen molar-refractivity contribution in [2.75, 3.05) is 65.3 Å². The summed E-state index contributed by atoms with van der Waals surface area (Å²) in [5.74, 6) is -2.56. The number of rotatable bonds is 13. The maximum absolute atomic E-state index is 15.1. The fourth-order valence-corrected chi connectivity index (χ4v) is 8.20. The topological polar surface area (TPSA) is 178 Å². The number of ether oxygens (including phenoxy) is 1. The molecule has 316 valence electrons. The molecule has 61 heavy (non-hydrogen) atoms. The third-order valence-corrected chi connectivity index (χ3v) is 11.2. The van der Waals surface area contributed by atoms with Gasteiger partial charge in [0.25, 0.3) is 17.7 Å². The van der Waals surface area contributed by atoms with Crippen LogP contribution in [0.25, 0.3) is 11.3 Å². The van der Waals surface area contributed by atoms with Crippen molar-refractivity contribution in [1.82, 2.24) is 45.2 Å². The fraction of sp³-hybridized carbons (Fsp3) is 0.349. The van der Waals surface area contributed by atoms with Crippen LogP contribution < -0.4 is 20.7 Å². The molecule has 8 rings (SSSR count). The minimum Gasteiger partial charge on any atom is -0.483 e. The number of nitrogens with one attached hydrogen (secondary N) is 3. The van der Waals surface area contributed by atoms with E-state index in [4.69, 9.17) is 4.74 Å². The first-order chi connectivity index (χ1) is 29.3. The van der Waals surface area contributed by atoms with Crippen LogP contribution in [0.5, 0.6) is 5.75 Å². The van der Waals surface area contributed by atoms with Gasteiger partial charge in [-0.1, -0.05) is 18.7 Å². The second-order valence-electron chi connectivity index (χ2n) is 15.6. The number of pyridine rings is 1. The van der Waals surface area contributed by atoms with Crippen molar-refractivity contribution in [3.8, 4) is 17.0 Å². The van der Waals surface area contributed by atoms with Crippen LogP contribution in [0.1, 0.15) is 57.7 Å². The zero-order valence-corrected chi connectivity index (χ0v) is 34.0. The van der Waals surface area contributed by atoms with Gasteiger partial charge in [-0.15, -0.1) is 0 Å². The molecule has 2 atom stereocenters. The van der Waals surface area contributed by atoms with Gasteiger partial charge in [-0.25, -0.2) is 23.7 Å². The number of hydrogen-bond donors (Lipinski definition) is 3. The summed E-state index contributed by atoms with van der Waals surface area (Å²) in [6.07, 6.45) is 3.55. The Morgan fingerprint density at radius 1 is 1.00 bits per heavy atom. The van der Waals surface area contributed by atoms with Crippen molar-refractivity contribution in [3.05, 3.63) is 101 Å². The lowest BCUT2D eigenvalue weighted by Crippen LogP contribution is -2.51. The Morgan fingerprint density at radius 2 is 1.79 bits per heavy atom. The smallest absolute Gasteiger partial charge is 0.266 e. The van der Waals surface area contributed by atoms with E-state index in [1.54, 1.807) is 24.4 Å². The molecule has 2 saturated heterocycles. The molecule has 2 aromatic heterocycles. The van der Waals surface area contributed by atoms with Gasteiger partial charge in [-0.3, -0.25) is 43.8 Å². The summed E-state index contributed by atoms with van der Waals surface area (Å²) in [5, 5.41) is 8.50. The van der Waals surface area contributed by atoms with Gasteiger partial charge in [-0.05, 0) is 69.8 Å². The number of halogens is 2. The Labute approximate surface area is 350 Å². The molecule has 4 amide bonds. The van der Waals surface area contributed by atoms with Crippen LogP contribution in [0.15, 0.2) is 72.1 Å². The summed E-state index contributed by atoms with van der Waals surface area (Å²) in [7, 11) is 3.76. The quantitative estimate of drug-likeness (QED) is 0.166. The van der Waals surface area contributed by atoms with Gasteiger partial charge in [0.05, 0.1) is 23.4 Å². The van der Waals surface area contributed by atoms with E-state index in [1.165, 1.54) is 18.2 Å². The van der Waals surface area contributed by atoms with Crippen LogP contribution in [0.3, 0.4) is 0 Å². The zero-order valence-electron chi connectivity index (χ0n) is 34.0. The number of carbonyl (C=O) groups excluding carboxylic acids is 4. The van der Waals surface area contributed by atoms with Gasteiger partial charge < -0.3 is 20.7 Å². The normalized spacial score (nSPS) is 19.2. The van der Waals surface area contributed by atoms with Gasteiger partial charge in [0.1, 0.15) is 34.8 Å². The van der Waals surface area contributed by atoms with Gasteiger partial charge in [0.15, 0.2) is 12.4 Å². The number of hydrogen-bond acceptors (Lipinski definition) is 13. The number of benzene rings is 2. The van der Waals surface area contributed by atoms with E-state index in [9.17, 15) is 19.2 Å². The third kappa shape index (κ3) is 8.59. The standard InChI is InChI=1S/C43H45F2N11O5/c1-24-8-10-32(40(58)49-24)56-41(59)28-6-5-7-33(36(28)42(56)60)61-23-35(57)46-12-13-54-14-16-55(17-15-54)22-26-9-11-34(47-20-26)51-43-48-21-31(45)37(52-43)27-18-29-38(30(44)19-27)50-25(2)39(29)53(3)4/h5-7,9,11,18-21,32,39H,1,8,10,12-17,22-23H2,2-4H3,(H,46,57)(H,49,58)(H,47,48,51,52). The summed E-state index contributed by atoms with van der Waals surface area (Å²) in [4.78, 5) is 76.6. The van der Waals surface area contributed by atoms with E-state index in [-0.39, 0.29) is 64.7 Å². The predicted octanol–water partition coefficient (Wildman–Crippen LogP) is 3.97. The Morgan fingerprint density at radius 3 is 2.52 bits per heavy atom. The number of imide groups is 1. The average molecular weight is 834 g/mol. The molecule has 0 radical (unpaired) electrons. The van der Waals surface area contributed by atoms with Crippen molar-refractivity contribution in [2.24, 2.45) is 4.99 Å². The Kier molecular flexibility index (Phi) is 11.7. The molecular weight excluding hydrogens is 789 g/mol. The maximum Gasteiger partial charge on any atom is 0.266 e. The highest BCUT2D eigenvalue weighted by atomic mass is 19.1. The lowest BCUT2D eigenvalue weighted by atomic mass is 9.99. The molecule has 0 bridgehead atoms. The van der Waals surface area contributed by atoms with Crippen molar-refractivity contribution < 1.29 is 32.7 Å². The molecule has 16 nitrogen and oxygen atoms in total. The lowest BCUT2D eigenvalue weighted by molar-refractivity contribution is -0.125. The molecule has 4 aliphatic rings. The van der Waals surface area contributed by atoms with Gasteiger partial charge in [0, 0.05) is 74.5 Å². The van der Waals surface area contributed by atoms with E-state index < -0.39 is 35.4 Å². The molecule has 4 aliphatic heterocycles. The zero-order chi connectivity index (χ0) is 42.9. The second kappa shape index (κ2) is 17.2. The number of anilines is 2. The van der Waals surface area contributed by atoms with Crippen molar-refractivity contribution in [2.45, 2.75) is 38.4 Å². The molecule has 2 unspecified atom stereocenters. The van der Waals surface area contributed by atoms with Crippen molar-refractivity contribution >= 4 is 46.8 Å². The second-order valence-corrected chi connectivity index (χ2v) is 15.6. The highest BCUT2D eigenvalue weighted by molar-refractivity contribution is 6.24. The predicted molar refractivity (Wildman–Crippen MR) is 222 cm³/mol. The molecule has 2 fully saturated rings. The first kappa shape index (κ1) is 41.2. The summed E-state index contributed by atoms with van der Waals surface area (Å²) in [6.45, 7) is 10.2. The Bertz CT molecular complexity index is 2450. The van der Waals surface area contributed by atoms with E-state index in [1.807, 2.05) is 32.0 Å². The Hall–Kier alpha value is -6.50. The number of nitrogens with zero attached hydrogens (tertiary/aromatic N) is 8. The van der Waals surface area contributed by atoms with Crippen LogP contribution in [0.4, 0.5) is 26.2 Å². The summed E-state index contributed by atoms with van der Waals surface area (Å²) >= 11 is 0. The van der Waals surface area contributed by atoms with Crippen LogP contribution >= 0.6 is 0 Å². The van der Waals surface area contributed by atoms with Crippen LogP contribution in [-0.4, -0.2) is 130 Å². The third-order valence-electron chi connectivity index (χ3n) is 11.2. The molecule has 2 aromatic carbocycles. The minimum absolute atomic E-state index is 0.0361. The monoisotopic (exact) mass is 833 g/mol. The molecule has 0 saturated carbocycles. The number of carbonyl (C=O) groups is 4. The fourth-order valence-electron chi connectivity index (χ4n) is 8.20. The van der Waals surface area contributed by atoms with Crippen LogP contribution in [0.2, 0.25) is 0 Å². The van der Waals surface area contributed by atoms with Crippen molar-refractivity contribution in [1.29, 1.82) is 0 Å². The highest BCUT2D eigenvalue weighted by Crippen LogP contribution is 2.41. The number of aromatic nitrogens is 3. The van der Waals surface area contributed by atoms with Gasteiger partial charge in [-0.2, -0.15) is 0 Å². The first-order valence-corrected chi connectivity index (χ1v) is 20.0. The van der Waals surface area contributed by atoms with Gasteiger partial charge >= 0.3 is 0 Å². The molecule has 3 N–H and O–H groups in total. The molecule has 18 heteroatoms. The number of piperazine rings is 1. The average Bonchev–Trinajstić information content (AvgIpc) is 3.71. The van der Waals surface area contributed by atoms with Crippen LogP contribution in [-0.2, 0) is 16.1 Å². The molecule has 0 spiro atoms. The molecule has 4 aromatic rings. The van der Waals surface area contributed by atoms with E-state index in [2.05, 4.69) is 52.3 Å². The highest BCUT2D eigenvalue weighted by Gasteiger charge is 2.45. The van der Waals surface area contributed by atoms with Crippen molar-refractivity contribution in [3.63, 3.8) is 0 Å². The van der Waals surface area contributed by atoms with E-state index >= 15 is 8.78 Å². The molecular formula is C43H45F2N11O5. The van der Waals surface area contributed by atoms with E-state index in [0.29, 0.717) is 43.1 Å². The largest absolute Gasteiger partial charge is 0.483 e. The first-order valence-electron chi connectivity index (χ1n) is 20.0.